The molecule has 4 aromatic carbocycles. The number of nitriles is 1. The predicted molar refractivity (Wildman–Crippen MR) is 171 cm³/mol. The number of allylic oxidation sites excluding steroid dienone is 1. The molecular weight excluding hydrogens is 615 g/mol. The van der Waals surface area contributed by atoms with Crippen molar-refractivity contribution < 1.29 is 28.5 Å². The Bertz CT molecular complexity index is 1810. The molecule has 5 rings (SSSR count). The third-order valence-corrected chi connectivity index (χ3v) is 7.56. The van der Waals surface area contributed by atoms with E-state index in [4.69, 9.17) is 52.6 Å². The lowest BCUT2D eigenvalue weighted by Crippen LogP contribution is -2.22. The van der Waals surface area contributed by atoms with E-state index in [2.05, 4.69) is 6.07 Å². The molecule has 230 valence electrons. The van der Waals surface area contributed by atoms with Crippen LogP contribution in [0.15, 0.2) is 84.3 Å². The second-order valence-electron chi connectivity index (χ2n) is 10.4. The van der Waals surface area contributed by atoms with Crippen LogP contribution in [0, 0.1) is 25.2 Å². The van der Waals surface area contributed by atoms with Crippen LogP contribution in [0.4, 0.5) is 0 Å². The molecule has 8 nitrogen and oxygen atoms in total. The molecule has 0 amide bonds. The Morgan fingerprint density at radius 1 is 0.911 bits per heavy atom. The van der Waals surface area contributed by atoms with Crippen LogP contribution < -0.4 is 29.4 Å². The van der Waals surface area contributed by atoms with Crippen LogP contribution in [0.2, 0.25) is 10.0 Å². The third-order valence-electron chi connectivity index (χ3n) is 6.97. The molecule has 1 aliphatic rings. The van der Waals surface area contributed by atoms with Gasteiger partial charge in [0, 0.05) is 27.2 Å². The fourth-order valence-corrected chi connectivity index (χ4v) is 5.51. The Hall–Kier alpha value is -4.84. The van der Waals surface area contributed by atoms with E-state index >= 15 is 0 Å². The average molecular weight is 646 g/mol. The molecular formula is C35H30Cl2N2O6. The van der Waals surface area contributed by atoms with Gasteiger partial charge in [0.15, 0.2) is 18.1 Å². The number of esters is 1. The number of benzene rings is 4. The van der Waals surface area contributed by atoms with E-state index in [0.29, 0.717) is 45.2 Å². The molecule has 2 N–H and O–H groups in total. The Morgan fingerprint density at radius 3 is 2.40 bits per heavy atom. The minimum atomic E-state index is -0.584. The average Bonchev–Trinajstić information content (AvgIpc) is 2.99. The molecule has 0 aliphatic carbocycles. The van der Waals surface area contributed by atoms with E-state index in [1.807, 2.05) is 51.1 Å². The molecule has 1 aliphatic heterocycles. The maximum absolute atomic E-state index is 12.6. The van der Waals surface area contributed by atoms with Gasteiger partial charge < -0.3 is 29.4 Å². The van der Waals surface area contributed by atoms with Gasteiger partial charge in [-0.1, -0.05) is 47.5 Å². The number of hydrogen-bond acceptors (Lipinski definition) is 8. The Balaban J connectivity index is 1.37. The summed E-state index contributed by atoms with van der Waals surface area (Å²) in [6, 6.07) is 23.5. The monoisotopic (exact) mass is 644 g/mol. The largest absolute Gasteiger partial charge is 0.490 e. The number of hydrogen-bond donors (Lipinski definition) is 1. The van der Waals surface area contributed by atoms with Crippen LogP contribution in [0.3, 0.4) is 0 Å². The maximum Gasteiger partial charge on any atom is 0.349 e. The van der Waals surface area contributed by atoms with E-state index < -0.39 is 11.9 Å². The van der Waals surface area contributed by atoms with Crippen LogP contribution in [0.25, 0.3) is 0 Å². The lowest BCUT2D eigenvalue weighted by Gasteiger charge is -2.27. The van der Waals surface area contributed by atoms with Gasteiger partial charge in [0.05, 0.1) is 12.5 Å². The molecule has 0 spiro atoms. The molecule has 1 unspecified atom stereocenters. The predicted octanol–water partition coefficient (Wildman–Crippen LogP) is 7.79. The molecule has 45 heavy (non-hydrogen) atoms. The van der Waals surface area contributed by atoms with Crippen molar-refractivity contribution in [2.75, 3.05) is 13.2 Å². The number of rotatable bonds is 10. The van der Waals surface area contributed by atoms with Gasteiger partial charge in [0.2, 0.25) is 5.88 Å². The fourth-order valence-electron chi connectivity index (χ4n) is 5.05. The van der Waals surface area contributed by atoms with Gasteiger partial charge in [-0.25, -0.2) is 4.79 Å². The summed E-state index contributed by atoms with van der Waals surface area (Å²) < 4.78 is 28.9. The van der Waals surface area contributed by atoms with Crippen molar-refractivity contribution in [3.05, 3.63) is 122 Å². The van der Waals surface area contributed by atoms with Gasteiger partial charge >= 0.3 is 5.97 Å². The highest BCUT2D eigenvalue weighted by Crippen LogP contribution is 2.45. The number of ether oxygens (including phenoxy) is 5. The molecule has 0 bridgehead atoms. The van der Waals surface area contributed by atoms with Crippen molar-refractivity contribution in [2.45, 2.75) is 33.3 Å². The normalized spacial score (nSPS) is 13.7. The molecule has 1 heterocycles. The first kappa shape index (κ1) is 31.6. The van der Waals surface area contributed by atoms with E-state index in [-0.39, 0.29) is 30.4 Å². The van der Waals surface area contributed by atoms with Crippen LogP contribution in [0.1, 0.15) is 40.7 Å². The number of nitrogens with zero attached hydrogens (tertiary/aromatic N) is 1. The van der Waals surface area contributed by atoms with Gasteiger partial charge in [-0.15, -0.1) is 0 Å². The van der Waals surface area contributed by atoms with Crippen molar-refractivity contribution >= 4 is 29.2 Å². The lowest BCUT2D eigenvalue weighted by atomic mass is 9.83. The van der Waals surface area contributed by atoms with Crippen LogP contribution in [-0.2, 0) is 11.4 Å². The minimum Gasteiger partial charge on any atom is -0.490 e. The lowest BCUT2D eigenvalue weighted by molar-refractivity contribution is -0.136. The van der Waals surface area contributed by atoms with E-state index in [1.165, 1.54) is 0 Å². The molecule has 10 heteroatoms. The second kappa shape index (κ2) is 13.9. The quantitative estimate of drug-likeness (QED) is 0.137. The Kier molecular flexibility index (Phi) is 9.72. The molecule has 0 fully saturated rings. The van der Waals surface area contributed by atoms with Crippen molar-refractivity contribution in [2.24, 2.45) is 5.73 Å². The molecule has 0 radical (unpaired) electrons. The summed E-state index contributed by atoms with van der Waals surface area (Å²) in [6.07, 6.45) is 0. The molecule has 1 atom stereocenters. The smallest absolute Gasteiger partial charge is 0.349 e. The number of halogens is 2. The molecule has 0 aromatic heterocycles. The molecule has 0 saturated carbocycles. The topological polar surface area (TPSA) is 113 Å². The van der Waals surface area contributed by atoms with Crippen molar-refractivity contribution in [3.63, 3.8) is 0 Å². The number of fused-ring (bicyclic) bond motifs is 1. The zero-order valence-corrected chi connectivity index (χ0v) is 26.4. The summed E-state index contributed by atoms with van der Waals surface area (Å²) in [7, 11) is 0. The van der Waals surface area contributed by atoms with Gasteiger partial charge in [-0.3, -0.25) is 0 Å². The van der Waals surface area contributed by atoms with Crippen molar-refractivity contribution in [1.82, 2.24) is 0 Å². The van der Waals surface area contributed by atoms with Gasteiger partial charge in [-0.2, -0.15) is 5.26 Å². The standard InChI is InChI=1S/C35H30Cl2N2O6/c1-4-41-32-14-22(6-10-30(32)43-18-23-5-7-24(36)15-29(23)37)34-27-9-8-25(16-31(27)45-35(39)28(34)17-38)44-33(40)19-42-26-12-20(2)11-21(3)13-26/h5-16,34H,4,18-19,39H2,1-3H3. The highest BCUT2D eigenvalue weighted by Gasteiger charge is 2.32. The Labute approximate surface area is 271 Å². The maximum atomic E-state index is 12.6. The zero-order valence-electron chi connectivity index (χ0n) is 24.9. The van der Waals surface area contributed by atoms with Crippen molar-refractivity contribution in [3.8, 4) is 34.8 Å². The first-order chi connectivity index (χ1) is 21.6. The summed E-state index contributed by atoms with van der Waals surface area (Å²) >= 11 is 12.3. The first-order valence-electron chi connectivity index (χ1n) is 14.1. The van der Waals surface area contributed by atoms with Crippen LogP contribution in [0.5, 0.6) is 28.7 Å². The summed E-state index contributed by atoms with van der Waals surface area (Å²) in [6.45, 7) is 6.08. The minimum absolute atomic E-state index is 0.0488. The van der Waals surface area contributed by atoms with Gasteiger partial charge in [0.1, 0.15) is 35.5 Å². The summed E-state index contributed by atoms with van der Waals surface area (Å²) in [5.74, 6) is 0.960. The van der Waals surface area contributed by atoms with Gasteiger partial charge in [0.25, 0.3) is 0 Å². The van der Waals surface area contributed by atoms with Gasteiger partial charge in [-0.05, 0) is 79.9 Å². The number of aryl methyl sites for hydroxylation is 2. The molecule has 0 saturated heterocycles. The van der Waals surface area contributed by atoms with Crippen molar-refractivity contribution in [1.29, 1.82) is 5.26 Å². The van der Waals surface area contributed by atoms with E-state index in [0.717, 1.165) is 22.3 Å². The Morgan fingerprint density at radius 2 is 1.69 bits per heavy atom. The van der Waals surface area contributed by atoms with Crippen LogP contribution >= 0.6 is 23.2 Å². The SMILES string of the molecule is CCOc1cc(C2C(C#N)=C(N)Oc3cc(OC(=O)COc4cc(C)cc(C)c4)ccc32)ccc1OCc1ccc(Cl)cc1Cl. The summed E-state index contributed by atoms with van der Waals surface area (Å²) in [5, 5.41) is 11.1. The van der Waals surface area contributed by atoms with E-state index in [1.54, 1.807) is 42.5 Å². The highest BCUT2D eigenvalue weighted by molar-refractivity contribution is 6.35. The second-order valence-corrected chi connectivity index (χ2v) is 11.2. The van der Waals surface area contributed by atoms with E-state index in [9.17, 15) is 10.1 Å². The molecule has 4 aromatic rings. The number of carbonyl (C=O) groups is 1. The number of carbonyl (C=O) groups excluding carboxylic acids is 1. The third kappa shape index (κ3) is 7.46. The zero-order chi connectivity index (χ0) is 32.1. The first-order valence-corrected chi connectivity index (χ1v) is 14.9. The fraction of sp³-hybridized carbons (Fsp3) is 0.200. The van der Waals surface area contributed by atoms with Crippen LogP contribution in [-0.4, -0.2) is 19.2 Å². The number of nitrogens with two attached hydrogens (primary N) is 1. The summed E-state index contributed by atoms with van der Waals surface area (Å²) in [4.78, 5) is 12.6. The summed E-state index contributed by atoms with van der Waals surface area (Å²) in [5.41, 5.74) is 10.7. The highest BCUT2D eigenvalue weighted by atomic mass is 35.5.